The van der Waals surface area contributed by atoms with Crippen LogP contribution in [0.1, 0.15) is 63.0 Å². The molecule has 1 unspecified atom stereocenters. The Balaban J connectivity index is 1.39. The molecule has 0 radical (unpaired) electrons. The number of unbranched alkanes of at least 4 members (excludes halogenated alkanes) is 1. The fourth-order valence-electron chi connectivity index (χ4n) is 5.10. The zero-order valence-corrected chi connectivity index (χ0v) is 20.5. The molecule has 2 aromatic rings. The van der Waals surface area contributed by atoms with Gasteiger partial charge in [0.1, 0.15) is 12.6 Å². The summed E-state index contributed by atoms with van der Waals surface area (Å²) in [6.45, 7) is 4.69. The molecule has 4 rings (SSSR count). The average molecular weight is 479 g/mol. The molecule has 1 aliphatic carbocycles. The normalized spacial score (nSPS) is 17.3. The van der Waals surface area contributed by atoms with E-state index in [1.807, 2.05) is 31.2 Å². The number of ether oxygens (including phenoxy) is 1. The fourth-order valence-corrected chi connectivity index (χ4v) is 5.10. The van der Waals surface area contributed by atoms with E-state index in [0.29, 0.717) is 32.4 Å². The molecular weight excluding hydrogens is 444 g/mol. The third-order valence-electron chi connectivity index (χ3n) is 7.48. The van der Waals surface area contributed by atoms with E-state index in [0.717, 1.165) is 35.1 Å². The van der Waals surface area contributed by atoms with Crippen LogP contribution in [0.5, 0.6) is 0 Å². The number of nitrogens with one attached hydrogen (secondary N) is 1. The quantitative estimate of drug-likeness (QED) is 0.568. The molecule has 7 heteroatoms. The van der Waals surface area contributed by atoms with E-state index >= 15 is 0 Å². The summed E-state index contributed by atoms with van der Waals surface area (Å²) in [6.07, 6.45) is 2.41. The van der Waals surface area contributed by atoms with Crippen LogP contribution in [0.25, 0.3) is 11.1 Å². The molecule has 2 N–H and O–H groups in total. The highest BCUT2D eigenvalue weighted by molar-refractivity contribution is 5.86. The van der Waals surface area contributed by atoms with Crippen LogP contribution in [-0.2, 0) is 14.3 Å². The van der Waals surface area contributed by atoms with Crippen molar-refractivity contribution >= 4 is 18.0 Å². The molecular formula is C28H34N2O5. The summed E-state index contributed by atoms with van der Waals surface area (Å²) >= 11 is 0. The SMILES string of the molecule is CCCCC(NC(=O)OCC1c2ccccc2-c2ccccc21)C(=O)N1CCC(C)(C(=O)O)CC1. The van der Waals surface area contributed by atoms with Crippen molar-refractivity contribution in [3.05, 3.63) is 59.7 Å². The van der Waals surface area contributed by atoms with E-state index in [9.17, 15) is 19.5 Å². The monoisotopic (exact) mass is 478 g/mol. The predicted octanol–water partition coefficient (Wildman–Crippen LogP) is 4.80. The van der Waals surface area contributed by atoms with Crippen LogP contribution in [0.15, 0.2) is 48.5 Å². The highest BCUT2D eigenvalue weighted by atomic mass is 16.5. The molecule has 2 aromatic carbocycles. The molecule has 1 atom stereocenters. The number of piperidine rings is 1. The number of carbonyl (C=O) groups is 3. The Morgan fingerprint density at radius 3 is 2.17 bits per heavy atom. The number of carbonyl (C=O) groups excluding carboxylic acids is 2. The molecule has 0 spiro atoms. The number of aliphatic carboxylic acids is 1. The maximum atomic E-state index is 13.2. The van der Waals surface area contributed by atoms with E-state index in [1.54, 1.807) is 11.8 Å². The Morgan fingerprint density at radius 2 is 1.63 bits per heavy atom. The average Bonchev–Trinajstić information content (AvgIpc) is 3.19. The van der Waals surface area contributed by atoms with Crippen molar-refractivity contribution in [2.45, 2.75) is 57.9 Å². The lowest BCUT2D eigenvalue weighted by Crippen LogP contribution is -2.53. The summed E-state index contributed by atoms with van der Waals surface area (Å²) in [4.78, 5) is 39.2. The second-order valence-corrected chi connectivity index (χ2v) is 9.86. The van der Waals surface area contributed by atoms with Gasteiger partial charge in [-0.2, -0.15) is 0 Å². The summed E-state index contributed by atoms with van der Waals surface area (Å²) in [5.41, 5.74) is 3.78. The first-order valence-electron chi connectivity index (χ1n) is 12.5. The van der Waals surface area contributed by atoms with Crippen molar-refractivity contribution < 1.29 is 24.2 Å². The Morgan fingerprint density at radius 1 is 1.06 bits per heavy atom. The predicted molar refractivity (Wildman–Crippen MR) is 133 cm³/mol. The fraction of sp³-hybridized carbons (Fsp3) is 0.464. The van der Waals surface area contributed by atoms with E-state index in [4.69, 9.17) is 4.74 Å². The minimum Gasteiger partial charge on any atom is -0.481 e. The van der Waals surface area contributed by atoms with Crippen LogP contribution in [0, 0.1) is 5.41 Å². The molecule has 2 aliphatic rings. The van der Waals surface area contributed by atoms with Crippen molar-refractivity contribution in [3.63, 3.8) is 0 Å². The summed E-state index contributed by atoms with van der Waals surface area (Å²) in [7, 11) is 0. The summed E-state index contributed by atoms with van der Waals surface area (Å²) in [5.74, 6) is -1.04. The number of benzene rings is 2. The maximum Gasteiger partial charge on any atom is 0.407 e. The summed E-state index contributed by atoms with van der Waals surface area (Å²) in [5, 5.41) is 12.3. The first-order chi connectivity index (χ1) is 16.8. The molecule has 35 heavy (non-hydrogen) atoms. The van der Waals surface area contributed by atoms with E-state index in [1.165, 1.54) is 0 Å². The van der Waals surface area contributed by atoms with Gasteiger partial charge < -0.3 is 20.1 Å². The first kappa shape index (κ1) is 24.8. The molecule has 1 heterocycles. The third-order valence-corrected chi connectivity index (χ3v) is 7.48. The van der Waals surface area contributed by atoms with Gasteiger partial charge in [-0.1, -0.05) is 68.3 Å². The molecule has 0 saturated carbocycles. The number of amides is 2. The number of hydrogen-bond acceptors (Lipinski definition) is 4. The van der Waals surface area contributed by atoms with Crippen molar-refractivity contribution in [1.82, 2.24) is 10.2 Å². The lowest BCUT2D eigenvalue weighted by atomic mass is 9.80. The van der Waals surface area contributed by atoms with Gasteiger partial charge in [0.2, 0.25) is 5.91 Å². The minimum atomic E-state index is -0.830. The van der Waals surface area contributed by atoms with Crippen molar-refractivity contribution in [2.75, 3.05) is 19.7 Å². The molecule has 1 saturated heterocycles. The minimum absolute atomic E-state index is 0.0475. The lowest BCUT2D eigenvalue weighted by molar-refractivity contribution is -0.153. The van der Waals surface area contributed by atoms with Gasteiger partial charge in [-0.15, -0.1) is 0 Å². The number of nitrogens with zero attached hydrogens (tertiary/aromatic N) is 1. The van der Waals surface area contributed by atoms with Gasteiger partial charge >= 0.3 is 12.1 Å². The second kappa shape index (κ2) is 10.5. The Bertz CT molecular complexity index is 1040. The largest absolute Gasteiger partial charge is 0.481 e. The van der Waals surface area contributed by atoms with Gasteiger partial charge in [0.15, 0.2) is 0 Å². The Hall–Kier alpha value is -3.35. The van der Waals surface area contributed by atoms with Crippen LogP contribution < -0.4 is 5.32 Å². The molecule has 1 fully saturated rings. The Labute approximate surface area is 206 Å². The van der Waals surface area contributed by atoms with Crippen LogP contribution in [0.3, 0.4) is 0 Å². The summed E-state index contributed by atoms with van der Waals surface area (Å²) in [6, 6.07) is 15.6. The number of carboxylic acid groups (broad SMARTS) is 1. The second-order valence-electron chi connectivity index (χ2n) is 9.86. The molecule has 0 aromatic heterocycles. The van der Waals surface area contributed by atoms with Gasteiger partial charge in [-0.25, -0.2) is 4.79 Å². The molecule has 7 nitrogen and oxygen atoms in total. The van der Waals surface area contributed by atoms with Crippen molar-refractivity contribution in [3.8, 4) is 11.1 Å². The maximum absolute atomic E-state index is 13.2. The van der Waals surface area contributed by atoms with Crippen LogP contribution >= 0.6 is 0 Å². The zero-order chi connectivity index (χ0) is 25.0. The standard InChI is InChI=1S/C28H34N2O5/c1-3-4-13-24(25(31)30-16-14-28(2,15-17-30)26(32)33)29-27(34)35-18-23-21-11-7-5-9-19(21)20-10-6-8-12-22(20)23/h5-12,23-24H,3-4,13-18H2,1-2H3,(H,29,34)(H,32,33). The number of fused-ring (bicyclic) bond motifs is 3. The topological polar surface area (TPSA) is 95.9 Å². The molecule has 186 valence electrons. The lowest BCUT2D eigenvalue weighted by Gasteiger charge is -2.38. The van der Waals surface area contributed by atoms with E-state index in [-0.39, 0.29) is 18.4 Å². The van der Waals surface area contributed by atoms with Crippen molar-refractivity contribution in [2.24, 2.45) is 5.41 Å². The summed E-state index contributed by atoms with van der Waals surface area (Å²) < 4.78 is 5.65. The van der Waals surface area contributed by atoms with E-state index < -0.39 is 23.5 Å². The first-order valence-corrected chi connectivity index (χ1v) is 12.5. The number of alkyl carbamates (subject to hydrolysis) is 1. The van der Waals surface area contributed by atoms with Crippen LogP contribution in [0.4, 0.5) is 4.79 Å². The van der Waals surface area contributed by atoms with Crippen LogP contribution in [0.2, 0.25) is 0 Å². The van der Waals surface area contributed by atoms with Crippen LogP contribution in [-0.4, -0.2) is 53.7 Å². The zero-order valence-electron chi connectivity index (χ0n) is 20.5. The van der Waals surface area contributed by atoms with Gasteiger partial charge in [-0.3, -0.25) is 9.59 Å². The highest BCUT2D eigenvalue weighted by Gasteiger charge is 2.39. The number of rotatable bonds is 8. The number of likely N-dealkylation sites (tertiary alicyclic amines) is 1. The van der Waals surface area contributed by atoms with Gasteiger partial charge in [-0.05, 0) is 48.4 Å². The Kier molecular flexibility index (Phi) is 7.43. The number of hydrogen-bond donors (Lipinski definition) is 2. The number of carboxylic acids is 1. The third kappa shape index (κ3) is 5.19. The molecule has 1 aliphatic heterocycles. The van der Waals surface area contributed by atoms with Gasteiger partial charge in [0, 0.05) is 19.0 Å². The molecule has 0 bridgehead atoms. The van der Waals surface area contributed by atoms with Gasteiger partial charge in [0.05, 0.1) is 5.41 Å². The highest BCUT2D eigenvalue weighted by Crippen LogP contribution is 2.44. The molecule has 2 amide bonds. The van der Waals surface area contributed by atoms with Gasteiger partial charge in [0.25, 0.3) is 0 Å². The van der Waals surface area contributed by atoms with E-state index in [2.05, 4.69) is 29.6 Å². The van der Waals surface area contributed by atoms with Crippen molar-refractivity contribution in [1.29, 1.82) is 0 Å². The smallest absolute Gasteiger partial charge is 0.407 e.